The first-order valence-corrected chi connectivity index (χ1v) is 5.98. The van der Waals surface area contributed by atoms with Crippen molar-refractivity contribution in [3.05, 3.63) is 29.6 Å². The van der Waals surface area contributed by atoms with Gasteiger partial charge in [0.15, 0.2) is 0 Å². The number of rotatable bonds is 2. The van der Waals surface area contributed by atoms with Crippen molar-refractivity contribution >= 4 is 5.69 Å². The highest BCUT2D eigenvalue weighted by molar-refractivity contribution is 5.55. The van der Waals surface area contributed by atoms with Gasteiger partial charge >= 0.3 is 0 Å². The number of nitrogens with zero attached hydrogens (tertiary/aromatic N) is 1. The van der Waals surface area contributed by atoms with E-state index in [1.54, 1.807) is 0 Å². The van der Waals surface area contributed by atoms with Crippen LogP contribution in [0.2, 0.25) is 0 Å². The fraction of sp³-hybridized carbons (Fsp3) is 0.538. The van der Waals surface area contributed by atoms with Crippen molar-refractivity contribution in [3.8, 4) is 0 Å². The van der Waals surface area contributed by atoms with Crippen molar-refractivity contribution in [1.29, 1.82) is 0 Å². The molecule has 0 amide bonds. The summed E-state index contributed by atoms with van der Waals surface area (Å²) < 4.78 is 18.8. The first-order chi connectivity index (χ1) is 8.11. The normalized spacial score (nSPS) is 25.1. The molecule has 17 heavy (non-hydrogen) atoms. The van der Waals surface area contributed by atoms with Crippen molar-refractivity contribution in [3.63, 3.8) is 0 Å². The van der Waals surface area contributed by atoms with Crippen molar-refractivity contribution in [2.75, 3.05) is 18.1 Å². The molecule has 1 aromatic rings. The second-order valence-electron chi connectivity index (χ2n) is 4.62. The SMILES string of the molecule is CC1CN(c2ccc(F)cc2CN)C(C)CO1. The predicted molar refractivity (Wildman–Crippen MR) is 66.5 cm³/mol. The summed E-state index contributed by atoms with van der Waals surface area (Å²) in [6.45, 7) is 6.02. The number of anilines is 1. The third-order valence-corrected chi connectivity index (χ3v) is 3.18. The standard InChI is InChI=1S/C13H19FN2O/c1-9-8-17-10(2)7-16(9)13-4-3-12(14)5-11(13)6-15/h3-5,9-10H,6-8,15H2,1-2H3. The van der Waals surface area contributed by atoms with Crippen LogP contribution in [0, 0.1) is 5.82 Å². The molecule has 1 aliphatic heterocycles. The van der Waals surface area contributed by atoms with Crippen molar-refractivity contribution < 1.29 is 9.13 Å². The zero-order valence-corrected chi connectivity index (χ0v) is 10.3. The zero-order chi connectivity index (χ0) is 12.4. The van der Waals surface area contributed by atoms with Gasteiger partial charge in [-0.05, 0) is 37.6 Å². The van der Waals surface area contributed by atoms with Gasteiger partial charge in [0.1, 0.15) is 5.82 Å². The molecule has 94 valence electrons. The van der Waals surface area contributed by atoms with E-state index in [0.717, 1.165) is 17.8 Å². The Balaban J connectivity index is 2.31. The summed E-state index contributed by atoms with van der Waals surface area (Å²) in [7, 11) is 0. The minimum absolute atomic E-state index is 0.196. The van der Waals surface area contributed by atoms with Crippen LogP contribution in [0.15, 0.2) is 18.2 Å². The lowest BCUT2D eigenvalue weighted by molar-refractivity contribution is 0.0343. The third-order valence-electron chi connectivity index (χ3n) is 3.18. The molecule has 0 spiro atoms. The molecular weight excluding hydrogens is 219 g/mol. The lowest BCUT2D eigenvalue weighted by Gasteiger charge is -2.39. The Morgan fingerprint density at radius 3 is 2.94 bits per heavy atom. The van der Waals surface area contributed by atoms with Crippen LogP contribution in [-0.2, 0) is 11.3 Å². The molecule has 0 saturated carbocycles. The molecule has 0 aliphatic carbocycles. The van der Waals surface area contributed by atoms with Crippen LogP contribution in [0.3, 0.4) is 0 Å². The van der Waals surface area contributed by atoms with Gasteiger partial charge in [-0.15, -0.1) is 0 Å². The van der Waals surface area contributed by atoms with Gasteiger partial charge in [0.2, 0.25) is 0 Å². The Hall–Kier alpha value is -1.13. The number of hydrogen-bond donors (Lipinski definition) is 1. The van der Waals surface area contributed by atoms with Crippen LogP contribution < -0.4 is 10.6 Å². The summed E-state index contributed by atoms with van der Waals surface area (Å²) in [5.41, 5.74) is 7.56. The van der Waals surface area contributed by atoms with Gasteiger partial charge in [-0.25, -0.2) is 4.39 Å². The molecule has 1 aromatic carbocycles. The molecule has 1 aliphatic rings. The van der Waals surface area contributed by atoms with Gasteiger partial charge in [0.25, 0.3) is 0 Å². The van der Waals surface area contributed by atoms with E-state index in [1.807, 2.05) is 13.0 Å². The van der Waals surface area contributed by atoms with Gasteiger partial charge in [0.05, 0.1) is 12.7 Å². The Kier molecular flexibility index (Phi) is 3.64. The molecule has 1 saturated heterocycles. The Morgan fingerprint density at radius 2 is 2.24 bits per heavy atom. The number of morpholine rings is 1. The van der Waals surface area contributed by atoms with E-state index < -0.39 is 0 Å². The fourth-order valence-electron chi connectivity index (χ4n) is 2.24. The van der Waals surface area contributed by atoms with Crippen LogP contribution in [0.5, 0.6) is 0 Å². The highest BCUT2D eigenvalue weighted by Gasteiger charge is 2.25. The van der Waals surface area contributed by atoms with E-state index in [2.05, 4.69) is 11.8 Å². The van der Waals surface area contributed by atoms with Crippen LogP contribution in [0.1, 0.15) is 19.4 Å². The maximum absolute atomic E-state index is 13.2. The van der Waals surface area contributed by atoms with Gasteiger partial charge in [0, 0.05) is 24.8 Å². The van der Waals surface area contributed by atoms with Crippen LogP contribution in [-0.4, -0.2) is 25.3 Å². The molecule has 1 fully saturated rings. The highest BCUT2D eigenvalue weighted by Crippen LogP contribution is 2.26. The highest BCUT2D eigenvalue weighted by atomic mass is 19.1. The Bertz CT molecular complexity index is 397. The quantitative estimate of drug-likeness (QED) is 0.855. The lowest BCUT2D eigenvalue weighted by Crippen LogP contribution is -2.47. The molecule has 4 heteroatoms. The number of halogens is 1. The van der Waals surface area contributed by atoms with Crippen LogP contribution in [0.4, 0.5) is 10.1 Å². The molecule has 1 heterocycles. The largest absolute Gasteiger partial charge is 0.375 e. The molecule has 2 unspecified atom stereocenters. The summed E-state index contributed by atoms with van der Waals surface area (Å²) in [6.07, 6.45) is 0.196. The minimum Gasteiger partial charge on any atom is -0.375 e. The summed E-state index contributed by atoms with van der Waals surface area (Å²) in [5.74, 6) is -0.233. The molecule has 2 rings (SSSR count). The van der Waals surface area contributed by atoms with E-state index in [1.165, 1.54) is 12.1 Å². The number of benzene rings is 1. The predicted octanol–water partition coefficient (Wildman–Crippen LogP) is 1.90. The molecule has 2 N–H and O–H groups in total. The minimum atomic E-state index is -0.233. The van der Waals surface area contributed by atoms with Gasteiger partial charge in [-0.3, -0.25) is 0 Å². The van der Waals surface area contributed by atoms with E-state index in [4.69, 9.17) is 10.5 Å². The van der Waals surface area contributed by atoms with Crippen molar-refractivity contribution in [2.45, 2.75) is 32.5 Å². The Labute approximate surface area is 101 Å². The smallest absolute Gasteiger partial charge is 0.123 e. The van der Waals surface area contributed by atoms with E-state index in [0.29, 0.717) is 19.2 Å². The molecule has 2 atom stereocenters. The topological polar surface area (TPSA) is 38.5 Å². The van der Waals surface area contributed by atoms with Crippen LogP contribution >= 0.6 is 0 Å². The number of nitrogens with two attached hydrogens (primary N) is 1. The maximum Gasteiger partial charge on any atom is 0.123 e. The summed E-state index contributed by atoms with van der Waals surface area (Å²) in [4.78, 5) is 2.25. The summed E-state index contributed by atoms with van der Waals surface area (Å²) in [6, 6.07) is 5.11. The van der Waals surface area contributed by atoms with Gasteiger partial charge in [-0.2, -0.15) is 0 Å². The van der Waals surface area contributed by atoms with Crippen molar-refractivity contribution in [1.82, 2.24) is 0 Å². The molecular formula is C13H19FN2O. The van der Waals surface area contributed by atoms with E-state index in [-0.39, 0.29) is 11.9 Å². The average Bonchev–Trinajstić information content (AvgIpc) is 2.32. The average molecular weight is 238 g/mol. The fourth-order valence-corrected chi connectivity index (χ4v) is 2.24. The second-order valence-corrected chi connectivity index (χ2v) is 4.62. The maximum atomic E-state index is 13.2. The van der Waals surface area contributed by atoms with Gasteiger partial charge in [-0.1, -0.05) is 0 Å². The molecule has 0 bridgehead atoms. The Morgan fingerprint density at radius 1 is 1.47 bits per heavy atom. The van der Waals surface area contributed by atoms with Gasteiger partial charge < -0.3 is 15.4 Å². The number of ether oxygens (including phenoxy) is 1. The molecule has 0 radical (unpaired) electrons. The lowest BCUT2D eigenvalue weighted by atomic mass is 10.1. The summed E-state index contributed by atoms with van der Waals surface area (Å²) >= 11 is 0. The van der Waals surface area contributed by atoms with Crippen molar-refractivity contribution in [2.24, 2.45) is 5.73 Å². The third kappa shape index (κ3) is 2.58. The van der Waals surface area contributed by atoms with E-state index >= 15 is 0 Å². The number of hydrogen-bond acceptors (Lipinski definition) is 3. The van der Waals surface area contributed by atoms with E-state index in [9.17, 15) is 4.39 Å². The molecule has 0 aromatic heterocycles. The molecule has 3 nitrogen and oxygen atoms in total. The first kappa shape index (κ1) is 12.3. The zero-order valence-electron chi connectivity index (χ0n) is 10.3. The second kappa shape index (κ2) is 5.02. The summed E-state index contributed by atoms with van der Waals surface area (Å²) in [5, 5.41) is 0. The van der Waals surface area contributed by atoms with Crippen LogP contribution in [0.25, 0.3) is 0 Å². The first-order valence-electron chi connectivity index (χ1n) is 5.98. The monoisotopic (exact) mass is 238 g/mol.